The second-order valence-electron chi connectivity index (χ2n) is 5.04. The average molecular weight is 242 g/mol. The van der Waals surface area contributed by atoms with Crippen LogP contribution in [0, 0.1) is 0 Å². The Morgan fingerprint density at radius 1 is 0.684 bits per heavy atom. The zero-order chi connectivity index (χ0) is 12.7. The summed E-state index contributed by atoms with van der Waals surface area (Å²) < 4.78 is 0. The monoisotopic (exact) mass is 242 g/mol. The number of allylic oxidation sites excluding steroid dienone is 1. The zero-order valence-electron chi connectivity index (χ0n) is 10.6. The van der Waals surface area contributed by atoms with Crippen molar-refractivity contribution >= 4 is 16.8 Å². The summed E-state index contributed by atoms with van der Waals surface area (Å²) in [4.78, 5) is 0. The van der Waals surface area contributed by atoms with Gasteiger partial charge in [-0.3, -0.25) is 0 Å². The number of hydrogen-bond acceptors (Lipinski definition) is 0. The summed E-state index contributed by atoms with van der Waals surface area (Å²) in [6.45, 7) is 0. The molecule has 1 atom stereocenters. The highest BCUT2D eigenvalue weighted by Gasteiger charge is 2.20. The molecule has 0 radical (unpaired) electrons. The van der Waals surface area contributed by atoms with Gasteiger partial charge in [-0.05, 0) is 27.5 Å². The topological polar surface area (TPSA) is 0 Å². The molecule has 4 rings (SSSR count). The molecule has 0 aliphatic heterocycles. The van der Waals surface area contributed by atoms with Crippen molar-refractivity contribution in [1.82, 2.24) is 0 Å². The first-order chi connectivity index (χ1) is 9.43. The fourth-order valence-electron chi connectivity index (χ4n) is 3.04. The fourth-order valence-corrected chi connectivity index (χ4v) is 3.04. The lowest BCUT2D eigenvalue weighted by atomic mass is 9.89. The summed E-state index contributed by atoms with van der Waals surface area (Å²) in [5.74, 6) is 0.391. The van der Waals surface area contributed by atoms with Crippen LogP contribution in [0.15, 0.2) is 72.8 Å². The van der Waals surface area contributed by atoms with Crippen LogP contribution in [0.1, 0.15) is 22.6 Å². The minimum absolute atomic E-state index is 0.391. The molecule has 0 spiro atoms. The Morgan fingerprint density at radius 2 is 1.47 bits per heavy atom. The van der Waals surface area contributed by atoms with Crippen LogP contribution in [-0.4, -0.2) is 0 Å². The first-order valence-corrected chi connectivity index (χ1v) is 6.68. The van der Waals surface area contributed by atoms with E-state index in [2.05, 4.69) is 78.9 Å². The molecule has 1 aliphatic carbocycles. The maximum atomic E-state index is 2.31. The van der Waals surface area contributed by atoms with Crippen LogP contribution < -0.4 is 0 Å². The quantitative estimate of drug-likeness (QED) is 0.563. The standard InChI is InChI=1S/C19H14/c1-2-6-14(7-3-1)18-13-12-16-11-10-15-8-4-5-9-17(15)19(16)18/h1-13,18H. The van der Waals surface area contributed by atoms with Crippen LogP contribution in [0.2, 0.25) is 0 Å². The van der Waals surface area contributed by atoms with Crippen LogP contribution >= 0.6 is 0 Å². The summed E-state index contributed by atoms with van der Waals surface area (Å²) in [6, 6.07) is 23.8. The predicted octanol–water partition coefficient (Wildman–Crippen LogP) is 5.00. The molecule has 0 nitrogen and oxygen atoms in total. The van der Waals surface area contributed by atoms with Gasteiger partial charge in [-0.2, -0.15) is 0 Å². The van der Waals surface area contributed by atoms with Crippen LogP contribution in [0.3, 0.4) is 0 Å². The van der Waals surface area contributed by atoms with E-state index >= 15 is 0 Å². The van der Waals surface area contributed by atoms with E-state index in [1.54, 1.807) is 0 Å². The van der Waals surface area contributed by atoms with Crippen LogP contribution in [0.4, 0.5) is 0 Å². The third-order valence-electron chi connectivity index (χ3n) is 3.94. The Hall–Kier alpha value is -2.34. The molecule has 3 aromatic carbocycles. The minimum Gasteiger partial charge on any atom is -0.0720 e. The second-order valence-corrected chi connectivity index (χ2v) is 5.04. The molecule has 0 N–H and O–H groups in total. The molecule has 1 aliphatic rings. The molecule has 0 fully saturated rings. The first kappa shape index (κ1) is 10.6. The Morgan fingerprint density at radius 3 is 2.37 bits per heavy atom. The van der Waals surface area contributed by atoms with E-state index in [0.717, 1.165) is 0 Å². The minimum atomic E-state index is 0.391. The van der Waals surface area contributed by atoms with Gasteiger partial charge in [-0.1, -0.05) is 78.9 Å². The maximum Gasteiger partial charge on any atom is 0.0284 e. The van der Waals surface area contributed by atoms with Gasteiger partial charge in [0, 0.05) is 5.92 Å². The molecule has 0 saturated carbocycles. The van der Waals surface area contributed by atoms with Gasteiger partial charge < -0.3 is 0 Å². The molecule has 0 saturated heterocycles. The van der Waals surface area contributed by atoms with Crippen molar-refractivity contribution < 1.29 is 0 Å². The highest BCUT2D eigenvalue weighted by Crippen LogP contribution is 2.39. The van der Waals surface area contributed by atoms with Crippen molar-refractivity contribution in [3.05, 3.63) is 89.5 Å². The molecule has 0 aromatic heterocycles. The normalized spacial score (nSPS) is 16.7. The third-order valence-corrected chi connectivity index (χ3v) is 3.94. The molecule has 0 heterocycles. The Labute approximate surface area is 113 Å². The van der Waals surface area contributed by atoms with Crippen LogP contribution in [-0.2, 0) is 0 Å². The van der Waals surface area contributed by atoms with Crippen LogP contribution in [0.25, 0.3) is 16.8 Å². The lowest BCUT2D eigenvalue weighted by Gasteiger charge is -2.14. The number of fused-ring (bicyclic) bond motifs is 3. The molecule has 90 valence electrons. The van der Waals surface area contributed by atoms with E-state index in [1.807, 2.05) is 0 Å². The molecular weight excluding hydrogens is 228 g/mol. The van der Waals surface area contributed by atoms with Gasteiger partial charge >= 0.3 is 0 Å². The highest BCUT2D eigenvalue weighted by atomic mass is 14.2. The molecule has 0 amide bonds. The van der Waals surface area contributed by atoms with E-state index in [0.29, 0.717) is 5.92 Å². The Kier molecular flexibility index (Phi) is 2.28. The number of rotatable bonds is 1. The summed E-state index contributed by atoms with van der Waals surface area (Å²) >= 11 is 0. The van der Waals surface area contributed by atoms with Crippen molar-refractivity contribution in [2.75, 3.05) is 0 Å². The number of benzene rings is 3. The van der Waals surface area contributed by atoms with Gasteiger partial charge in [-0.25, -0.2) is 0 Å². The van der Waals surface area contributed by atoms with E-state index in [4.69, 9.17) is 0 Å². The largest absolute Gasteiger partial charge is 0.0720 e. The van der Waals surface area contributed by atoms with Gasteiger partial charge in [0.2, 0.25) is 0 Å². The Bertz CT molecular complexity index is 766. The van der Waals surface area contributed by atoms with E-state index in [9.17, 15) is 0 Å². The maximum absolute atomic E-state index is 2.31. The summed E-state index contributed by atoms with van der Waals surface area (Å²) in [6.07, 6.45) is 4.56. The van der Waals surface area contributed by atoms with Crippen molar-refractivity contribution in [3.63, 3.8) is 0 Å². The van der Waals surface area contributed by atoms with Gasteiger partial charge in [0.15, 0.2) is 0 Å². The third kappa shape index (κ3) is 1.61. The summed E-state index contributed by atoms with van der Waals surface area (Å²) in [5.41, 5.74) is 4.17. The zero-order valence-corrected chi connectivity index (χ0v) is 10.6. The van der Waals surface area contributed by atoms with E-state index in [1.165, 1.54) is 27.5 Å². The molecular formula is C19H14. The molecule has 0 heteroatoms. The van der Waals surface area contributed by atoms with Crippen molar-refractivity contribution in [2.45, 2.75) is 5.92 Å². The van der Waals surface area contributed by atoms with Crippen molar-refractivity contribution in [3.8, 4) is 0 Å². The molecule has 0 bridgehead atoms. The van der Waals surface area contributed by atoms with Gasteiger partial charge in [-0.15, -0.1) is 0 Å². The van der Waals surface area contributed by atoms with Crippen molar-refractivity contribution in [2.24, 2.45) is 0 Å². The Balaban J connectivity index is 1.99. The van der Waals surface area contributed by atoms with Gasteiger partial charge in [0.05, 0.1) is 0 Å². The highest BCUT2D eigenvalue weighted by molar-refractivity contribution is 5.91. The molecule has 1 unspecified atom stereocenters. The predicted molar refractivity (Wildman–Crippen MR) is 81.3 cm³/mol. The first-order valence-electron chi connectivity index (χ1n) is 6.68. The fraction of sp³-hybridized carbons (Fsp3) is 0.0526. The lowest BCUT2D eigenvalue weighted by Crippen LogP contribution is -1.96. The number of hydrogen-bond donors (Lipinski definition) is 0. The average Bonchev–Trinajstić information content (AvgIpc) is 2.92. The summed E-state index contributed by atoms with van der Waals surface area (Å²) in [5, 5.41) is 2.70. The SMILES string of the molecule is C1=CC(c2ccccc2)c2c1ccc1ccccc21. The van der Waals surface area contributed by atoms with Crippen LogP contribution in [0.5, 0.6) is 0 Å². The smallest absolute Gasteiger partial charge is 0.0284 e. The van der Waals surface area contributed by atoms with E-state index in [-0.39, 0.29) is 0 Å². The van der Waals surface area contributed by atoms with E-state index < -0.39 is 0 Å². The second kappa shape index (κ2) is 4.10. The van der Waals surface area contributed by atoms with Gasteiger partial charge in [0.25, 0.3) is 0 Å². The van der Waals surface area contributed by atoms with Gasteiger partial charge in [0.1, 0.15) is 0 Å². The lowest BCUT2D eigenvalue weighted by molar-refractivity contribution is 1.06. The molecule has 19 heavy (non-hydrogen) atoms. The summed E-state index contributed by atoms with van der Waals surface area (Å²) in [7, 11) is 0. The van der Waals surface area contributed by atoms with Crippen molar-refractivity contribution in [1.29, 1.82) is 0 Å². The molecule has 3 aromatic rings.